The molecule has 78 valence electrons. The van der Waals surface area contributed by atoms with Gasteiger partial charge < -0.3 is 0 Å². The van der Waals surface area contributed by atoms with Crippen molar-refractivity contribution in [1.82, 2.24) is 0 Å². The van der Waals surface area contributed by atoms with Crippen molar-refractivity contribution in [3.05, 3.63) is 22.8 Å². The monoisotopic (exact) mass is 190 g/mol. The van der Waals surface area contributed by atoms with Crippen LogP contribution in [0.15, 0.2) is 22.8 Å². The first kappa shape index (κ1) is 10.0. The summed E-state index contributed by atoms with van der Waals surface area (Å²) in [5.41, 5.74) is 5.61. The number of fused-ring (bicyclic) bond motifs is 1. The summed E-state index contributed by atoms with van der Waals surface area (Å²) in [6, 6.07) is 0. The Morgan fingerprint density at radius 3 is 2.79 bits per heavy atom. The van der Waals surface area contributed by atoms with Gasteiger partial charge in [-0.25, -0.2) is 0 Å². The molecule has 0 spiro atoms. The van der Waals surface area contributed by atoms with Gasteiger partial charge in [-0.05, 0) is 44.4 Å². The summed E-state index contributed by atoms with van der Waals surface area (Å²) in [5.74, 6) is 0.890. The van der Waals surface area contributed by atoms with E-state index in [9.17, 15) is 0 Å². The van der Waals surface area contributed by atoms with E-state index in [-0.39, 0.29) is 0 Å². The van der Waals surface area contributed by atoms with E-state index < -0.39 is 0 Å². The second kappa shape index (κ2) is 3.25. The molecule has 0 aliphatic heterocycles. The van der Waals surface area contributed by atoms with Crippen LogP contribution in [-0.2, 0) is 0 Å². The minimum atomic E-state index is 0.544. The first-order valence-electron chi connectivity index (χ1n) is 5.95. The van der Waals surface area contributed by atoms with E-state index in [4.69, 9.17) is 0 Å². The zero-order valence-electron chi connectivity index (χ0n) is 9.98. The average Bonchev–Trinajstić information content (AvgIpc) is 2.83. The molecule has 2 aliphatic rings. The Morgan fingerprint density at radius 2 is 2.14 bits per heavy atom. The molecule has 2 unspecified atom stereocenters. The van der Waals surface area contributed by atoms with Crippen LogP contribution in [0.3, 0.4) is 0 Å². The van der Waals surface area contributed by atoms with Gasteiger partial charge in [0.2, 0.25) is 0 Å². The van der Waals surface area contributed by atoms with Crippen LogP contribution in [0, 0.1) is 11.3 Å². The third-order valence-electron chi connectivity index (χ3n) is 4.34. The highest BCUT2D eigenvalue weighted by atomic mass is 14.6. The fourth-order valence-corrected chi connectivity index (χ4v) is 2.93. The van der Waals surface area contributed by atoms with Crippen LogP contribution in [0.4, 0.5) is 0 Å². The molecule has 2 aliphatic carbocycles. The maximum atomic E-state index is 2.46. The lowest BCUT2D eigenvalue weighted by atomic mass is 9.93. The second-order valence-electron chi connectivity index (χ2n) is 5.32. The summed E-state index contributed by atoms with van der Waals surface area (Å²) in [5, 5.41) is 0. The molecule has 0 nitrogen and oxygen atoms in total. The summed E-state index contributed by atoms with van der Waals surface area (Å²) in [6.07, 6.45) is 7.69. The van der Waals surface area contributed by atoms with Gasteiger partial charge in [0.15, 0.2) is 0 Å². The van der Waals surface area contributed by atoms with Gasteiger partial charge in [0, 0.05) is 0 Å². The molecule has 14 heavy (non-hydrogen) atoms. The zero-order chi connectivity index (χ0) is 10.3. The third kappa shape index (κ3) is 1.36. The highest BCUT2D eigenvalue weighted by Crippen LogP contribution is 2.63. The number of hydrogen-bond donors (Lipinski definition) is 0. The SMILES string of the molecule is CCCC1=C(C)CC=C(C)C2(C)CC12. The van der Waals surface area contributed by atoms with Gasteiger partial charge in [-0.15, -0.1) is 0 Å². The standard InChI is InChI=1S/C14H22/c1-5-6-12-10(2)7-8-11(3)14(4)9-13(12)14/h8,13H,5-7,9H2,1-4H3. The Kier molecular flexibility index (Phi) is 2.33. The van der Waals surface area contributed by atoms with E-state index in [1.807, 2.05) is 0 Å². The molecule has 0 heteroatoms. The molecule has 0 heterocycles. The van der Waals surface area contributed by atoms with Crippen molar-refractivity contribution in [2.75, 3.05) is 0 Å². The first-order chi connectivity index (χ1) is 6.59. The highest BCUT2D eigenvalue weighted by molar-refractivity contribution is 5.37. The smallest absolute Gasteiger partial charge is 0.00472 e. The van der Waals surface area contributed by atoms with Gasteiger partial charge in [-0.1, -0.05) is 43.1 Å². The van der Waals surface area contributed by atoms with Gasteiger partial charge in [0.1, 0.15) is 0 Å². The molecule has 0 amide bonds. The highest BCUT2D eigenvalue weighted by Gasteiger charge is 2.53. The van der Waals surface area contributed by atoms with E-state index in [1.165, 1.54) is 25.7 Å². The molecule has 0 aromatic rings. The Balaban J connectivity index is 2.28. The topological polar surface area (TPSA) is 0 Å². The molecule has 1 saturated carbocycles. The van der Waals surface area contributed by atoms with Crippen molar-refractivity contribution in [3.8, 4) is 0 Å². The molecular weight excluding hydrogens is 168 g/mol. The van der Waals surface area contributed by atoms with Crippen LogP contribution in [0.5, 0.6) is 0 Å². The molecule has 0 aromatic heterocycles. The van der Waals surface area contributed by atoms with E-state index in [2.05, 4.69) is 33.8 Å². The van der Waals surface area contributed by atoms with Crippen LogP contribution in [0.25, 0.3) is 0 Å². The largest absolute Gasteiger partial charge is 0.0810 e. The maximum absolute atomic E-state index is 2.46. The summed E-state index contributed by atoms with van der Waals surface area (Å²) < 4.78 is 0. The predicted octanol–water partition coefficient (Wildman–Crippen LogP) is 4.48. The van der Waals surface area contributed by atoms with E-state index in [1.54, 1.807) is 16.7 Å². The third-order valence-corrected chi connectivity index (χ3v) is 4.34. The summed E-state index contributed by atoms with van der Waals surface area (Å²) in [7, 11) is 0. The predicted molar refractivity (Wildman–Crippen MR) is 62.2 cm³/mol. The van der Waals surface area contributed by atoms with Crippen LogP contribution in [0.1, 0.15) is 53.4 Å². The summed E-state index contributed by atoms with van der Waals surface area (Å²) in [4.78, 5) is 0. The molecule has 1 fully saturated rings. The van der Waals surface area contributed by atoms with Crippen LogP contribution >= 0.6 is 0 Å². The zero-order valence-corrected chi connectivity index (χ0v) is 9.98. The van der Waals surface area contributed by atoms with Gasteiger partial charge in [-0.2, -0.15) is 0 Å². The molecule has 0 N–H and O–H groups in total. The van der Waals surface area contributed by atoms with Gasteiger partial charge in [-0.3, -0.25) is 0 Å². The minimum absolute atomic E-state index is 0.544. The number of hydrogen-bond acceptors (Lipinski definition) is 0. The summed E-state index contributed by atoms with van der Waals surface area (Å²) >= 11 is 0. The van der Waals surface area contributed by atoms with Crippen molar-refractivity contribution in [1.29, 1.82) is 0 Å². The fourth-order valence-electron chi connectivity index (χ4n) is 2.93. The lowest BCUT2D eigenvalue weighted by Gasteiger charge is -2.12. The van der Waals surface area contributed by atoms with Crippen molar-refractivity contribution >= 4 is 0 Å². The first-order valence-corrected chi connectivity index (χ1v) is 5.95. The fraction of sp³-hybridized carbons (Fsp3) is 0.714. The molecule has 2 atom stereocenters. The van der Waals surface area contributed by atoms with E-state index >= 15 is 0 Å². The summed E-state index contributed by atoms with van der Waals surface area (Å²) in [6.45, 7) is 9.39. The number of allylic oxidation sites excluding steroid dienone is 4. The van der Waals surface area contributed by atoms with Gasteiger partial charge in [0.25, 0.3) is 0 Å². The van der Waals surface area contributed by atoms with Crippen molar-refractivity contribution in [3.63, 3.8) is 0 Å². The van der Waals surface area contributed by atoms with E-state index in [0.29, 0.717) is 5.41 Å². The molecular formula is C14H22. The second-order valence-corrected chi connectivity index (χ2v) is 5.32. The van der Waals surface area contributed by atoms with Crippen molar-refractivity contribution in [2.45, 2.75) is 53.4 Å². The number of rotatable bonds is 2. The molecule has 2 rings (SSSR count). The lowest BCUT2D eigenvalue weighted by molar-refractivity contribution is 0.618. The Bertz CT molecular complexity index is 306. The van der Waals surface area contributed by atoms with Gasteiger partial charge >= 0.3 is 0 Å². The quantitative estimate of drug-likeness (QED) is 0.563. The molecule has 0 saturated heterocycles. The Hall–Kier alpha value is -0.520. The molecule has 0 bridgehead atoms. The van der Waals surface area contributed by atoms with Crippen LogP contribution in [0.2, 0.25) is 0 Å². The maximum Gasteiger partial charge on any atom is -0.00472 e. The molecule has 0 aromatic carbocycles. The van der Waals surface area contributed by atoms with Gasteiger partial charge in [0.05, 0.1) is 0 Å². The Labute approximate surface area is 88.1 Å². The van der Waals surface area contributed by atoms with E-state index in [0.717, 1.165) is 5.92 Å². The minimum Gasteiger partial charge on any atom is -0.0810 e. The normalized spacial score (nSPS) is 36.3. The molecule has 0 radical (unpaired) electrons. The Morgan fingerprint density at radius 1 is 1.43 bits per heavy atom. The van der Waals surface area contributed by atoms with Crippen molar-refractivity contribution < 1.29 is 0 Å². The van der Waals surface area contributed by atoms with Crippen molar-refractivity contribution in [2.24, 2.45) is 11.3 Å². The lowest BCUT2D eigenvalue weighted by Crippen LogP contribution is -2.01. The van der Waals surface area contributed by atoms with Crippen LogP contribution < -0.4 is 0 Å². The van der Waals surface area contributed by atoms with Crippen LogP contribution in [-0.4, -0.2) is 0 Å². The average molecular weight is 190 g/mol.